The molecule has 1 aromatic carbocycles. The first-order valence-corrected chi connectivity index (χ1v) is 7.87. The van der Waals surface area contributed by atoms with Gasteiger partial charge in [-0.15, -0.1) is 0 Å². The van der Waals surface area contributed by atoms with Gasteiger partial charge in [0.15, 0.2) is 0 Å². The Bertz CT molecular complexity index is 736. The topological polar surface area (TPSA) is 62.3 Å². The number of carbonyl (C=O) groups is 2. The molecule has 3 rings (SSSR count). The number of nitrogens with zero attached hydrogens (tertiary/aromatic N) is 2. The maximum absolute atomic E-state index is 13.3. The van der Waals surface area contributed by atoms with Crippen molar-refractivity contribution in [2.24, 2.45) is 5.92 Å². The van der Waals surface area contributed by atoms with E-state index < -0.39 is 11.7 Å². The first-order chi connectivity index (χ1) is 11.6. The van der Waals surface area contributed by atoms with Crippen LogP contribution in [0, 0.1) is 11.7 Å². The number of aromatic nitrogens is 1. The van der Waals surface area contributed by atoms with E-state index in [2.05, 4.69) is 10.3 Å². The van der Waals surface area contributed by atoms with Crippen LogP contribution in [0.25, 0.3) is 0 Å². The Morgan fingerprint density at radius 1 is 1.29 bits per heavy atom. The molecule has 1 aliphatic rings. The predicted molar refractivity (Wildman–Crippen MR) is 87.8 cm³/mol. The van der Waals surface area contributed by atoms with Crippen molar-refractivity contribution in [1.29, 1.82) is 0 Å². The third kappa shape index (κ3) is 3.76. The summed E-state index contributed by atoms with van der Waals surface area (Å²) in [6, 6.07) is 11.5. The van der Waals surface area contributed by atoms with Crippen molar-refractivity contribution >= 4 is 17.5 Å². The Balaban J connectivity index is 1.54. The molecule has 0 unspecified atom stereocenters. The minimum atomic E-state index is -0.413. The van der Waals surface area contributed by atoms with Crippen LogP contribution < -0.4 is 10.2 Å². The van der Waals surface area contributed by atoms with Gasteiger partial charge in [0.25, 0.3) is 0 Å². The van der Waals surface area contributed by atoms with Gasteiger partial charge in [-0.1, -0.05) is 12.1 Å². The van der Waals surface area contributed by atoms with Gasteiger partial charge in [0.05, 0.1) is 5.92 Å². The van der Waals surface area contributed by atoms with E-state index in [9.17, 15) is 14.0 Å². The van der Waals surface area contributed by atoms with Gasteiger partial charge in [-0.2, -0.15) is 0 Å². The summed E-state index contributed by atoms with van der Waals surface area (Å²) in [4.78, 5) is 30.0. The maximum Gasteiger partial charge on any atom is 0.227 e. The lowest BCUT2D eigenvalue weighted by Crippen LogP contribution is -2.34. The molecular formula is C18H18FN3O2. The van der Waals surface area contributed by atoms with Crippen LogP contribution in [0.2, 0.25) is 0 Å². The SMILES string of the molecule is O=C(NCCc1ccccn1)[C@@H]1CC(=O)N(c2cccc(F)c2)C1. The lowest BCUT2D eigenvalue weighted by Gasteiger charge is -2.16. The van der Waals surface area contributed by atoms with Crippen molar-refractivity contribution in [2.75, 3.05) is 18.0 Å². The van der Waals surface area contributed by atoms with Gasteiger partial charge in [0, 0.05) is 43.5 Å². The molecule has 1 N–H and O–H groups in total. The van der Waals surface area contributed by atoms with E-state index in [1.165, 1.54) is 17.0 Å². The summed E-state index contributed by atoms with van der Waals surface area (Å²) in [6.07, 6.45) is 2.50. The quantitative estimate of drug-likeness (QED) is 0.913. The number of nitrogens with one attached hydrogen (secondary N) is 1. The van der Waals surface area contributed by atoms with Crippen molar-refractivity contribution in [3.8, 4) is 0 Å². The average molecular weight is 327 g/mol. The molecule has 124 valence electrons. The molecule has 0 bridgehead atoms. The number of pyridine rings is 1. The Kier molecular flexibility index (Phi) is 4.84. The fourth-order valence-electron chi connectivity index (χ4n) is 2.78. The van der Waals surface area contributed by atoms with Crippen LogP contribution in [0.4, 0.5) is 10.1 Å². The molecule has 6 heteroatoms. The van der Waals surface area contributed by atoms with Crippen LogP contribution in [0.3, 0.4) is 0 Å². The summed E-state index contributed by atoms with van der Waals surface area (Å²) in [5.41, 5.74) is 1.39. The molecule has 0 saturated carbocycles. The van der Waals surface area contributed by atoms with E-state index in [0.29, 0.717) is 18.7 Å². The molecule has 5 nitrogen and oxygen atoms in total. The summed E-state index contributed by atoms with van der Waals surface area (Å²) >= 11 is 0. The number of rotatable bonds is 5. The Hall–Kier alpha value is -2.76. The first kappa shape index (κ1) is 16.1. The second kappa shape index (κ2) is 7.21. The van der Waals surface area contributed by atoms with Gasteiger partial charge < -0.3 is 10.2 Å². The molecule has 0 radical (unpaired) electrons. The maximum atomic E-state index is 13.3. The minimum absolute atomic E-state index is 0.145. The van der Waals surface area contributed by atoms with Gasteiger partial charge in [-0.05, 0) is 30.3 Å². The summed E-state index contributed by atoms with van der Waals surface area (Å²) < 4.78 is 13.3. The predicted octanol–water partition coefficient (Wildman–Crippen LogP) is 1.93. The van der Waals surface area contributed by atoms with Crippen molar-refractivity contribution in [1.82, 2.24) is 10.3 Å². The second-order valence-electron chi connectivity index (χ2n) is 5.75. The van der Waals surface area contributed by atoms with Gasteiger partial charge in [-0.25, -0.2) is 4.39 Å². The zero-order chi connectivity index (χ0) is 16.9. The summed E-state index contributed by atoms with van der Waals surface area (Å²) in [5.74, 6) is -1.13. The molecule has 0 aliphatic carbocycles. The number of anilines is 1. The lowest BCUT2D eigenvalue weighted by molar-refractivity contribution is -0.126. The number of halogens is 1. The number of carbonyl (C=O) groups excluding carboxylic acids is 2. The molecular weight excluding hydrogens is 309 g/mol. The van der Waals surface area contributed by atoms with E-state index >= 15 is 0 Å². The third-order valence-corrected chi connectivity index (χ3v) is 4.02. The van der Waals surface area contributed by atoms with Crippen LogP contribution in [-0.4, -0.2) is 29.9 Å². The molecule has 2 heterocycles. The molecule has 24 heavy (non-hydrogen) atoms. The van der Waals surface area contributed by atoms with Crippen LogP contribution in [0.15, 0.2) is 48.7 Å². The molecule has 2 amide bonds. The highest BCUT2D eigenvalue weighted by atomic mass is 19.1. The molecule has 1 atom stereocenters. The minimum Gasteiger partial charge on any atom is -0.355 e. The Labute approximate surface area is 139 Å². The zero-order valence-corrected chi connectivity index (χ0v) is 13.1. The molecule has 1 aliphatic heterocycles. The van der Waals surface area contributed by atoms with Crippen molar-refractivity contribution in [2.45, 2.75) is 12.8 Å². The van der Waals surface area contributed by atoms with Crippen LogP contribution >= 0.6 is 0 Å². The first-order valence-electron chi connectivity index (χ1n) is 7.87. The highest BCUT2D eigenvalue weighted by molar-refractivity contribution is 6.00. The highest BCUT2D eigenvalue weighted by Gasteiger charge is 2.35. The summed E-state index contributed by atoms with van der Waals surface area (Å²) in [6.45, 7) is 0.748. The molecule has 2 aromatic rings. The van der Waals surface area contributed by atoms with Crippen molar-refractivity contribution < 1.29 is 14.0 Å². The lowest BCUT2D eigenvalue weighted by atomic mass is 10.1. The van der Waals surface area contributed by atoms with E-state index in [1.54, 1.807) is 18.3 Å². The number of benzene rings is 1. The van der Waals surface area contributed by atoms with Crippen LogP contribution in [0.1, 0.15) is 12.1 Å². The monoisotopic (exact) mass is 327 g/mol. The normalized spacial score (nSPS) is 17.1. The highest BCUT2D eigenvalue weighted by Crippen LogP contribution is 2.25. The van der Waals surface area contributed by atoms with E-state index in [-0.39, 0.29) is 24.8 Å². The third-order valence-electron chi connectivity index (χ3n) is 4.02. The van der Waals surface area contributed by atoms with Gasteiger partial charge in [0.2, 0.25) is 11.8 Å². The van der Waals surface area contributed by atoms with Gasteiger partial charge >= 0.3 is 0 Å². The van der Waals surface area contributed by atoms with Gasteiger partial charge in [0.1, 0.15) is 5.82 Å². The number of hydrogen-bond acceptors (Lipinski definition) is 3. The number of hydrogen-bond donors (Lipinski definition) is 1. The fraction of sp³-hybridized carbons (Fsp3) is 0.278. The largest absolute Gasteiger partial charge is 0.355 e. The van der Waals surface area contributed by atoms with E-state index in [1.807, 2.05) is 18.2 Å². The summed E-state index contributed by atoms with van der Waals surface area (Å²) in [7, 11) is 0. The summed E-state index contributed by atoms with van der Waals surface area (Å²) in [5, 5.41) is 2.85. The second-order valence-corrected chi connectivity index (χ2v) is 5.75. The van der Waals surface area contributed by atoms with Crippen LogP contribution in [0.5, 0.6) is 0 Å². The molecule has 1 fully saturated rings. The average Bonchev–Trinajstić information content (AvgIpc) is 2.98. The zero-order valence-electron chi connectivity index (χ0n) is 13.1. The standard InChI is InChI=1S/C18H18FN3O2/c19-14-4-3-6-16(11-14)22-12-13(10-17(22)23)18(24)21-9-7-15-5-1-2-8-20-15/h1-6,8,11,13H,7,9-10,12H2,(H,21,24)/t13-/m1/s1. The van der Waals surface area contributed by atoms with E-state index in [0.717, 1.165) is 5.69 Å². The van der Waals surface area contributed by atoms with Crippen molar-refractivity contribution in [3.63, 3.8) is 0 Å². The van der Waals surface area contributed by atoms with E-state index in [4.69, 9.17) is 0 Å². The fourth-order valence-corrected chi connectivity index (χ4v) is 2.78. The van der Waals surface area contributed by atoms with Crippen LogP contribution in [-0.2, 0) is 16.0 Å². The molecule has 1 aromatic heterocycles. The molecule has 1 saturated heterocycles. The Morgan fingerprint density at radius 3 is 2.92 bits per heavy atom. The Morgan fingerprint density at radius 2 is 2.17 bits per heavy atom. The smallest absolute Gasteiger partial charge is 0.227 e. The number of amides is 2. The van der Waals surface area contributed by atoms with Gasteiger partial charge in [-0.3, -0.25) is 14.6 Å². The van der Waals surface area contributed by atoms with Crippen molar-refractivity contribution in [3.05, 3.63) is 60.2 Å². The molecule has 0 spiro atoms.